The fourth-order valence-corrected chi connectivity index (χ4v) is 3.43. The Morgan fingerprint density at radius 1 is 1.12 bits per heavy atom. The van der Waals surface area contributed by atoms with Crippen molar-refractivity contribution in [2.45, 2.75) is 13.2 Å². The van der Waals surface area contributed by atoms with Crippen molar-refractivity contribution >= 4 is 40.7 Å². The molecule has 1 aromatic carbocycles. The lowest BCUT2D eigenvalue weighted by Gasteiger charge is -2.08. The van der Waals surface area contributed by atoms with Crippen molar-refractivity contribution < 1.29 is 23.2 Å². The van der Waals surface area contributed by atoms with Gasteiger partial charge in [0.25, 0.3) is 11.8 Å². The molecule has 0 fully saturated rings. The molecule has 0 spiro atoms. The van der Waals surface area contributed by atoms with Crippen LogP contribution < -0.4 is 15.4 Å². The van der Waals surface area contributed by atoms with Crippen molar-refractivity contribution in [1.82, 2.24) is 15.1 Å². The molecule has 0 saturated carbocycles. The number of benzene rings is 1. The molecule has 2 N–H and O–H groups in total. The van der Waals surface area contributed by atoms with Crippen molar-refractivity contribution in [1.29, 1.82) is 0 Å². The van der Waals surface area contributed by atoms with Crippen LogP contribution in [0.2, 0.25) is 10.0 Å². The zero-order chi connectivity index (χ0) is 23.4. The van der Waals surface area contributed by atoms with Crippen LogP contribution in [-0.4, -0.2) is 21.6 Å². The van der Waals surface area contributed by atoms with Crippen LogP contribution in [0.15, 0.2) is 63.8 Å². The molecule has 0 aliphatic carbocycles. The standard InChI is InChI=1S/C22H18Cl2N4O5/c1-28-20(22(30)25-10-14-3-2-8-31-14)17(11-26-28)27-21(29)19-7-5-15(33-19)12-32-18-6-4-13(23)9-16(18)24/h2-9,11H,10,12H2,1H3,(H,25,30)(H,27,29). The molecule has 3 aromatic heterocycles. The van der Waals surface area contributed by atoms with Gasteiger partial charge in [-0.25, -0.2) is 0 Å². The number of aromatic nitrogens is 2. The number of ether oxygens (including phenoxy) is 1. The molecule has 3 heterocycles. The summed E-state index contributed by atoms with van der Waals surface area (Å²) in [5, 5.41) is 10.3. The molecule has 4 rings (SSSR count). The van der Waals surface area contributed by atoms with E-state index in [-0.39, 0.29) is 30.3 Å². The minimum Gasteiger partial charge on any atom is -0.484 e. The predicted molar refractivity (Wildman–Crippen MR) is 121 cm³/mol. The normalized spacial score (nSPS) is 10.8. The molecule has 0 unspecified atom stereocenters. The molecule has 0 aliphatic rings. The number of nitrogens with one attached hydrogen (secondary N) is 2. The van der Waals surface area contributed by atoms with Gasteiger partial charge in [0.2, 0.25) is 0 Å². The molecule has 33 heavy (non-hydrogen) atoms. The van der Waals surface area contributed by atoms with Crippen LogP contribution in [-0.2, 0) is 20.2 Å². The molecule has 0 aliphatic heterocycles. The van der Waals surface area contributed by atoms with Gasteiger partial charge in [-0.1, -0.05) is 23.2 Å². The summed E-state index contributed by atoms with van der Waals surface area (Å²) in [7, 11) is 1.60. The first-order chi connectivity index (χ1) is 15.9. The molecule has 0 bridgehead atoms. The highest BCUT2D eigenvalue weighted by atomic mass is 35.5. The summed E-state index contributed by atoms with van der Waals surface area (Å²) in [6.45, 7) is 0.255. The van der Waals surface area contributed by atoms with Crippen molar-refractivity contribution in [3.05, 3.63) is 87.9 Å². The van der Waals surface area contributed by atoms with Gasteiger partial charge >= 0.3 is 0 Å². The number of furan rings is 2. The minimum atomic E-state index is -0.543. The lowest BCUT2D eigenvalue weighted by atomic mass is 10.3. The fraction of sp³-hybridized carbons (Fsp3) is 0.136. The lowest BCUT2D eigenvalue weighted by molar-refractivity contribution is 0.0939. The average molecular weight is 489 g/mol. The van der Waals surface area contributed by atoms with E-state index in [0.717, 1.165) is 0 Å². The maximum Gasteiger partial charge on any atom is 0.291 e. The number of carbonyl (C=O) groups excluding carboxylic acids is 2. The summed E-state index contributed by atoms with van der Waals surface area (Å²) < 4.78 is 17.7. The van der Waals surface area contributed by atoms with E-state index < -0.39 is 11.8 Å². The van der Waals surface area contributed by atoms with Gasteiger partial charge in [-0.2, -0.15) is 5.10 Å². The monoisotopic (exact) mass is 488 g/mol. The second-order valence-corrected chi connectivity index (χ2v) is 7.72. The summed E-state index contributed by atoms with van der Waals surface area (Å²) >= 11 is 12.0. The van der Waals surface area contributed by atoms with Crippen LogP contribution in [0.25, 0.3) is 0 Å². The van der Waals surface area contributed by atoms with Gasteiger partial charge in [-0.3, -0.25) is 14.3 Å². The molecule has 9 nitrogen and oxygen atoms in total. The third-order valence-electron chi connectivity index (χ3n) is 4.55. The number of hydrogen-bond donors (Lipinski definition) is 2. The SMILES string of the molecule is Cn1ncc(NC(=O)c2ccc(COc3ccc(Cl)cc3Cl)o2)c1C(=O)NCc1ccco1. The van der Waals surface area contributed by atoms with E-state index in [1.165, 1.54) is 23.2 Å². The first-order valence-corrected chi connectivity index (χ1v) is 10.5. The van der Waals surface area contributed by atoms with E-state index in [4.69, 9.17) is 36.8 Å². The number of hydrogen-bond acceptors (Lipinski definition) is 6. The molecule has 0 saturated heterocycles. The number of rotatable bonds is 8. The number of aryl methyl sites for hydroxylation is 1. The highest BCUT2D eigenvalue weighted by molar-refractivity contribution is 6.35. The largest absolute Gasteiger partial charge is 0.484 e. The fourth-order valence-electron chi connectivity index (χ4n) is 2.97. The van der Waals surface area contributed by atoms with E-state index >= 15 is 0 Å². The van der Waals surface area contributed by atoms with Gasteiger partial charge in [0.05, 0.1) is 29.7 Å². The molecular formula is C22H18Cl2N4O5. The Morgan fingerprint density at radius 2 is 1.97 bits per heavy atom. The zero-order valence-electron chi connectivity index (χ0n) is 17.3. The summed E-state index contributed by atoms with van der Waals surface area (Å²) in [4.78, 5) is 25.3. The summed E-state index contributed by atoms with van der Waals surface area (Å²) in [6.07, 6.45) is 2.90. The quantitative estimate of drug-likeness (QED) is 0.372. The van der Waals surface area contributed by atoms with Gasteiger partial charge in [0.15, 0.2) is 5.76 Å². The van der Waals surface area contributed by atoms with Crippen LogP contribution in [0, 0.1) is 0 Å². The Labute approximate surface area is 198 Å². The van der Waals surface area contributed by atoms with Crippen molar-refractivity contribution in [2.75, 3.05) is 5.32 Å². The van der Waals surface area contributed by atoms with E-state index in [2.05, 4.69) is 15.7 Å². The zero-order valence-corrected chi connectivity index (χ0v) is 18.8. The summed E-state index contributed by atoms with van der Waals surface area (Å²) in [5.41, 5.74) is 0.420. The number of anilines is 1. The molecule has 11 heteroatoms. The van der Waals surface area contributed by atoms with E-state index in [1.54, 1.807) is 43.4 Å². The number of nitrogens with zero attached hydrogens (tertiary/aromatic N) is 2. The van der Waals surface area contributed by atoms with Crippen molar-refractivity contribution in [3.63, 3.8) is 0 Å². The Kier molecular flexibility index (Phi) is 6.71. The second kappa shape index (κ2) is 9.85. The molecular weight excluding hydrogens is 471 g/mol. The third-order valence-corrected chi connectivity index (χ3v) is 5.09. The van der Waals surface area contributed by atoms with Crippen LogP contribution in [0.5, 0.6) is 5.75 Å². The maximum atomic E-state index is 12.7. The van der Waals surface area contributed by atoms with Crippen molar-refractivity contribution in [2.24, 2.45) is 7.05 Å². The Bertz CT molecular complexity index is 1280. The van der Waals surface area contributed by atoms with E-state index in [0.29, 0.717) is 27.3 Å². The average Bonchev–Trinajstić information content (AvgIpc) is 3.53. The van der Waals surface area contributed by atoms with Crippen LogP contribution in [0.3, 0.4) is 0 Å². The molecule has 2 amide bonds. The Hall–Kier alpha value is -3.69. The molecule has 4 aromatic rings. The number of halogens is 2. The van der Waals surface area contributed by atoms with E-state index in [9.17, 15) is 9.59 Å². The van der Waals surface area contributed by atoms with Crippen LogP contribution >= 0.6 is 23.2 Å². The van der Waals surface area contributed by atoms with Gasteiger partial charge in [-0.15, -0.1) is 0 Å². The first kappa shape index (κ1) is 22.5. The van der Waals surface area contributed by atoms with Crippen LogP contribution in [0.1, 0.15) is 32.6 Å². The highest BCUT2D eigenvalue weighted by Gasteiger charge is 2.21. The van der Waals surface area contributed by atoms with Crippen molar-refractivity contribution in [3.8, 4) is 5.75 Å². The number of carbonyl (C=O) groups is 2. The molecule has 0 radical (unpaired) electrons. The minimum absolute atomic E-state index is 0.0431. The highest BCUT2D eigenvalue weighted by Crippen LogP contribution is 2.28. The Balaban J connectivity index is 1.39. The summed E-state index contributed by atoms with van der Waals surface area (Å²) in [5.74, 6) is 0.523. The van der Waals surface area contributed by atoms with Crippen LogP contribution in [0.4, 0.5) is 5.69 Å². The smallest absolute Gasteiger partial charge is 0.291 e. The lowest BCUT2D eigenvalue weighted by Crippen LogP contribution is -2.26. The van der Waals surface area contributed by atoms with Gasteiger partial charge in [-0.05, 0) is 42.5 Å². The maximum absolute atomic E-state index is 12.7. The first-order valence-electron chi connectivity index (χ1n) is 9.71. The van der Waals surface area contributed by atoms with Gasteiger partial charge in [0, 0.05) is 12.1 Å². The Morgan fingerprint density at radius 3 is 2.73 bits per heavy atom. The number of amides is 2. The van der Waals surface area contributed by atoms with Gasteiger partial charge in [0.1, 0.15) is 29.6 Å². The summed E-state index contributed by atoms with van der Waals surface area (Å²) in [6, 6.07) is 11.4. The molecule has 170 valence electrons. The molecule has 0 atom stereocenters. The van der Waals surface area contributed by atoms with E-state index in [1.807, 2.05) is 0 Å². The second-order valence-electron chi connectivity index (χ2n) is 6.88. The topological polar surface area (TPSA) is 112 Å². The third kappa shape index (κ3) is 5.39. The predicted octanol–water partition coefficient (Wildman–Crippen LogP) is 4.67. The van der Waals surface area contributed by atoms with Gasteiger partial charge < -0.3 is 24.2 Å².